The van der Waals surface area contributed by atoms with Crippen LogP contribution in [-0.4, -0.2) is 37.1 Å². The average Bonchev–Trinajstić information content (AvgIpc) is 2.44. The summed E-state index contributed by atoms with van der Waals surface area (Å²) in [5, 5.41) is 0. The molecule has 19 heavy (non-hydrogen) atoms. The lowest BCUT2D eigenvalue weighted by Gasteiger charge is -2.36. The van der Waals surface area contributed by atoms with Gasteiger partial charge in [-0.3, -0.25) is 4.79 Å². The Hall–Kier alpha value is -0.570. The fraction of sp³-hybridized carbons (Fsp3) is 0.938. The number of amides is 1. The lowest BCUT2D eigenvalue weighted by atomic mass is 9.79. The van der Waals surface area contributed by atoms with Gasteiger partial charge in [0.2, 0.25) is 5.91 Å². The lowest BCUT2D eigenvalue weighted by molar-refractivity contribution is -0.146. The van der Waals surface area contributed by atoms with E-state index in [1.54, 1.807) is 0 Å². The maximum Gasteiger partial charge on any atom is 0.228 e. The molecule has 1 atom stereocenters. The van der Waals surface area contributed by atoms with E-state index in [9.17, 15) is 4.79 Å². The van der Waals surface area contributed by atoms with Crippen LogP contribution >= 0.6 is 0 Å². The predicted molar refractivity (Wildman–Crippen MR) is 79.2 cm³/mol. The number of morpholine rings is 1. The number of rotatable bonds is 8. The summed E-state index contributed by atoms with van der Waals surface area (Å²) in [7, 11) is 0. The fourth-order valence-corrected chi connectivity index (χ4v) is 2.98. The highest BCUT2D eigenvalue weighted by Crippen LogP contribution is 2.33. The van der Waals surface area contributed by atoms with E-state index in [-0.39, 0.29) is 5.41 Å². The highest BCUT2D eigenvalue weighted by atomic mass is 16.5. The number of carbonyl (C=O) groups excluding carboxylic acids is 1. The molecule has 0 aliphatic carbocycles. The van der Waals surface area contributed by atoms with Crippen molar-refractivity contribution < 1.29 is 9.53 Å². The Morgan fingerprint density at radius 3 is 2.32 bits per heavy atom. The van der Waals surface area contributed by atoms with E-state index in [1.807, 2.05) is 4.90 Å². The summed E-state index contributed by atoms with van der Waals surface area (Å²) >= 11 is 0. The summed E-state index contributed by atoms with van der Waals surface area (Å²) in [6, 6.07) is 0. The van der Waals surface area contributed by atoms with Crippen molar-refractivity contribution in [1.29, 1.82) is 0 Å². The SMILES string of the molecule is CCCCCCC(C)(CCC)C(=O)N1CCOCC1. The van der Waals surface area contributed by atoms with E-state index >= 15 is 0 Å². The molecule has 112 valence electrons. The van der Waals surface area contributed by atoms with Crippen molar-refractivity contribution in [3.05, 3.63) is 0 Å². The molecule has 1 unspecified atom stereocenters. The van der Waals surface area contributed by atoms with E-state index in [2.05, 4.69) is 20.8 Å². The average molecular weight is 269 g/mol. The fourth-order valence-electron chi connectivity index (χ4n) is 2.98. The number of nitrogens with zero attached hydrogens (tertiary/aromatic N) is 1. The Kier molecular flexibility index (Phi) is 7.44. The second-order valence-electron chi connectivity index (χ2n) is 6.03. The van der Waals surface area contributed by atoms with Gasteiger partial charge in [-0.25, -0.2) is 0 Å². The van der Waals surface area contributed by atoms with Crippen LogP contribution in [0.4, 0.5) is 0 Å². The van der Waals surface area contributed by atoms with Gasteiger partial charge >= 0.3 is 0 Å². The summed E-state index contributed by atoms with van der Waals surface area (Å²) in [5.74, 6) is 0.356. The Balaban J connectivity index is 2.54. The largest absolute Gasteiger partial charge is 0.378 e. The smallest absolute Gasteiger partial charge is 0.228 e. The second-order valence-corrected chi connectivity index (χ2v) is 6.03. The van der Waals surface area contributed by atoms with E-state index in [0.717, 1.165) is 32.4 Å². The van der Waals surface area contributed by atoms with E-state index in [0.29, 0.717) is 19.1 Å². The third-order valence-electron chi connectivity index (χ3n) is 4.20. The van der Waals surface area contributed by atoms with Crippen LogP contribution in [0.1, 0.15) is 65.7 Å². The van der Waals surface area contributed by atoms with Crippen molar-refractivity contribution in [2.45, 2.75) is 65.7 Å². The molecule has 0 spiro atoms. The van der Waals surface area contributed by atoms with Crippen LogP contribution in [0.15, 0.2) is 0 Å². The number of hydrogen-bond acceptors (Lipinski definition) is 2. The zero-order valence-electron chi connectivity index (χ0n) is 13.0. The van der Waals surface area contributed by atoms with Crippen LogP contribution in [0.5, 0.6) is 0 Å². The predicted octanol–water partition coefficient (Wildman–Crippen LogP) is 3.62. The molecule has 1 saturated heterocycles. The highest BCUT2D eigenvalue weighted by molar-refractivity contribution is 5.82. The highest BCUT2D eigenvalue weighted by Gasteiger charge is 2.35. The Morgan fingerprint density at radius 1 is 1.05 bits per heavy atom. The first-order valence-electron chi connectivity index (χ1n) is 8.01. The third-order valence-corrected chi connectivity index (χ3v) is 4.20. The van der Waals surface area contributed by atoms with Crippen molar-refractivity contribution >= 4 is 5.91 Å². The second kappa shape index (κ2) is 8.57. The van der Waals surface area contributed by atoms with Gasteiger partial charge in [0.1, 0.15) is 0 Å². The molecule has 1 heterocycles. The molecule has 1 amide bonds. The molecule has 1 aliphatic rings. The molecule has 1 rings (SSSR count). The molecule has 1 aliphatic heterocycles. The molecule has 1 fully saturated rings. The number of hydrogen-bond donors (Lipinski definition) is 0. The van der Waals surface area contributed by atoms with Gasteiger partial charge in [0.05, 0.1) is 13.2 Å². The molecule has 0 aromatic heterocycles. The van der Waals surface area contributed by atoms with E-state index in [4.69, 9.17) is 4.74 Å². The maximum atomic E-state index is 12.7. The van der Waals surface area contributed by atoms with Crippen LogP contribution in [-0.2, 0) is 9.53 Å². The quantitative estimate of drug-likeness (QED) is 0.630. The minimum absolute atomic E-state index is 0.153. The van der Waals surface area contributed by atoms with Crippen LogP contribution in [0, 0.1) is 5.41 Å². The number of unbranched alkanes of at least 4 members (excludes halogenated alkanes) is 3. The van der Waals surface area contributed by atoms with Crippen molar-refractivity contribution in [2.75, 3.05) is 26.3 Å². The first kappa shape index (κ1) is 16.5. The molecule has 0 aromatic carbocycles. The lowest BCUT2D eigenvalue weighted by Crippen LogP contribution is -2.47. The van der Waals surface area contributed by atoms with Gasteiger partial charge < -0.3 is 9.64 Å². The van der Waals surface area contributed by atoms with Gasteiger partial charge in [-0.05, 0) is 12.8 Å². The molecule has 0 saturated carbocycles. The van der Waals surface area contributed by atoms with E-state index < -0.39 is 0 Å². The summed E-state index contributed by atoms with van der Waals surface area (Å²) < 4.78 is 5.34. The topological polar surface area (TPSA) is 29.5 Å². The zero-order chi connectivity index (χ0) is 14.1. The molecule has 3 nitrogen and oxygen atoms in total. The zero-order valence-corrected chi connectivity index (χ0v) is 13.0. The first-order valence-corrected chi connectivity index (χ1v) is 8.01. The normalized spacial score (nSPS) is 19.2. The van der Waals surface area contributed by atoms with Crippen LogP contribution in [0.3, 0.4) is 0 Å². The molecule has 0 radical (unpaired) electrons. The molecule has 0 bridgehead atoms. The number of ether oxygens (including phenoxy) is 1. The van der Waals surface area contributed by atoms with Crippen molar-refractivity contribution in [3.8, 4) is 0 Å². The summed E-state index contributed by atoms with van der Waals surface area (Å²) in [6.45, 7) is 9.51. The van der Waals surface area contributed by atoms with Gasteiger partial charge in [-0.1, -0.05) is 52.9 Å². The van der Waals surface area contributed by atoms with Gasteiger partial charge in [-0.2, -0.15) is 0 Å². The molecule has 3 heteroatoms. The van der Waals surface area contributed by atoms with Crippen molar-refractivity contribution in [2.24, 2.45) is 5.41 Å². The summed E-state index contributed by atoms with van der Waals surface area (Å²) in [6.07, 6.45) is 8.11. The molecule has 0 N–H and O–H groups in total. The third kappa shape index (κ3) is 5.13. The minimum atomic E-state index is -0.153. The van der Waals surface area contributed by atoms with Crippen molar-refractivity contribution in [3.63, 3.8) is 0 Å². The van der Waals surface area contributed by atoms with Crippen LogP contribution in [0.25, 0.3) is 0 Å². The number of carbonyl (C=O) groups is 1. The van der Waals surface area contributed by atoms with Crippen LogP contribution < -0.4 is 0 Å². The van der Waals surface area contributed by atoms with Gasteiger partial charge in [0, 0.05) is 18.5 Å². The molecular formula is C16H31NO2. The van der Waals surface area contributed by atoms with Crippen molar-refractivity contribution in [1.82, 2.24) is 4.90 Å². The summed E-state index contributed by atoms with van der Waals surface area (Å²) in [5.41, 5.74) is -0.153. The Morgan fingerprint density at radius 2 is 1.74 bits per heavy atom. The van der Waals surface area contributed by atoms with Crippen LogP contribution in [0.2, 0.25) is 0 Å². The van der Waals surface area contributed by atoms with E-state index in [1.165, 1.54) is 25.7 Å². The van der Waals surface area contributed by atoms with Gasteiger partial charge in [0.25, 0.3) is 0 Å². The Labute approximate surface area is 118 Å². The van der Waals surface area contributed by atoms with Gasteiger partial charge in [0.15, 0.2) is 0 Å². The molecule has 0 aromatic rings. The standard InChI is InChI=1S/C16H31NO2/c1-4-6-7-8-10-16(3,9-5-2)15(18)17-11-13-19-14-12-17/h4-14H2,1-3H3. The Bertz CT molecular complexity index is 261. The first-order chi connectivity index (χ1) is 9.14. The minimum Gasteiger partial charge on any atom is -0.378 e. The summed E-state index contributed by atoms with van der Waals surface area (Å²) in [4.78, 5) is 14.8. The maximum absolute atomic E-state index is 12.7. The molecular weight excluding hydrogens is 238 g/mol. The monoisotopic (exact) mass is 269 g/mol. The van der Waals surface area contributed by atoms with Gasteiger partial charge in [-0.15, -0.1) is 0 Å².